The number of aromatic nitrogens is 2. The third-order valence-electron chi connectivity index (χ3n) is 3.64. The number of nitrogens with one attached hydrogen (secondary N) is 2. The predicted octanol–water partition coefficient (Wildman–Crippen LogP) is 2.01. The van der Waals surface area contributed by atoms with Crippen molar-refractivity contribution in [2.45, 2.75) is 40.7 Å². The van der Waals surface area contributed by atoms with Crippen molar-refractivity contribution in [3.63, 3.8) is 0 Å². The number of rotatable bonds is 6. The second-order valence-electron chi connectivity index (χ2n) is 7.16. The van der Waals surface area contributed by atoms with Gasteiger partial charge in [-0.15, -0.1) is 0 Å². The quantitative estimate of drug-likeness (QED) is 0.851. The summed E-state index contributed by atoms with van der Waals surface area (Å²) in [5.74, 6) is 0.636. The van der Waals surface area contributed by atoms with Crippen molar-refractivity contribution in [3.8, 4) is 0 Å². The lowest BCUT2D eigenvalue weighted by molar-refractivity contribution is -0.127. The number of hydrogen-bond donors (Lipinski definition) is 2. The van der Waals surface area contributed by atoms with Crippen LogP contribution < -0.4 is 10.6 Å². The van der Waals surface area contributed by atoms with Gasteiger partial charge in [-0.2, -0.15) is 0 Å². The van der Waals surface area contributed by atoms with Crippen molar-refractivity contribution < 1.29 is 9.59 Å². The monoisotopic (exact) mass is 330 g/mol. The number of para-hydroxylation sites is 2. The lowest BCUT2D eigenvalue weighted by Gasteiger charge is -2.17. The highest BCUT2D eigenvalue weighted by molar-refractivity contribution is 5.84. The third-order valence-corrected chi connectivity index (χ3v) is 3.64. The summed E-state index contributed by atoms with van der Waals surface area (Å²) in [5, 5.41) is 5.48. The van der Waals surface area contributed by atoms with E-state index < -0.39 is 0 Å². The predicted molar refractivity (Wildman–Crippen MR) is 94.6 cm³/mol. The van der Waals surface area contributed by atoms with E-state index in [1.165, 1.54) is 0 Å². The van der Waals surface area contributed by atoms with E-state index in [1.807, 2.05) is 52.0 Å². The van der Waals surface area contributed by atoms with Gasteiger partial charge in [-0.1, -0.05) is 32.9 Å². The molecular weight excluding hydrogens is 304 g/mol. The summed E-state index contributed by atoms with van der Waals surface area (Å²) < 4.78 is 2.08. The fourth-order valence-corrected chi connectivity index (χ4v) is 2.57. The maximum Gasteiger partial charge on any atom is 0.239 e. The van der Waals surface area contributed by atoms with Gasteiger partial charge in [-0.05, 0) is 24.5 Å². The molecule has 2 amide bonds. The Hall–Kier alpha value is -2.37. The first kappa shape index (κ1) is 18.0. The molecule has 0 unspecified atom stereocenters. The Kier molecular flexibility index (Phi) is 5.59. The van der Waals surface area contributed by atoms with Crippen molar-refractivity contribution in [1.29, 1.82) is 0 Å². The van der Waals surface area contributed by atoms with Gasteiger partial charge in [0.1, 0.15) is 5.82 Å². The van der Waals surface area contributed by atoms with Crippen LogP contribution in [-0.4, -0.2) is 34.5 Å². The average molecular weight is 330 g/mol. The first-order valence-electron chi connectivity index (χ1n) is 8.21. The number of fused-ring (bicyclic) bond motifs is 1. The van der Waals surface area contributed by atoms with E-state index in [0.29, 0.717) is 19.5 Å². The minimum atomic E-state index is -0.181. The fraction of sp³-hybridized carbons (Fsp3) is 0.500. The van der Waals surface area contributed by atoms with Gasteiger partial charge >= 0.3 is 0 Å². The molecule has 0 aliphatic rings. The minimum absolute atomic E-state index is 0.0125. The largest absolute Gasteiger partial charge is 0.353 e. The molecule has 0 radical (unpaired) electrons. The molecule has 2 N–H and O–H groups in total. The molecule has 6 heteroatoms. The number of hydrogen-bond acceptors (Lipinski definition) is 3. The number of benzene rings is 1. The molecule has 0 fully saturated rings. The highest BCUT2D eigenvalue weighted by Crippen LogP contribution is 2.17. The van der Waals surface area contributed by atoms with Crippen LogP contribution in [0.5, 0.6) is 0 Å². The maximum absolute atomic E-state index is 11.8. The average Bonchev–Trinajstić information content (AvgIpc) is 2.79. The molecule has 0 bridgehead atoms. The molecule has 2 rings (SSSR count). The van der Waals surface area contributed by atoms with Gasteiger partial charge in [0, 0.05) is 19.5 Å². The Labute approximate surface area is 142 Å². The number of nitrogens with zero attached hydrogens (tertiary/aromatic N) is 2. The normalized spacial score (nSPS) is 11.5. The zero-order valence-corrected chi connectivity index (χ0v) is 14.8. The van der Waals surface area contributed by atoms with Gasteiger partial charge in [0.2, 0.25) is 11.8 Å². The smallest absolute Gasteiger partial charge is 0.239 e. The van der Waals surface area contributed by atoms with Gasteiger partial charge in [0.05, 0.1) is 17.6 Å². The van der Waals surface area contributed by atoms with Gasteiger partial charge < -0.3 is 15.2 Å². The van der Waals surface area contributed by atoms with Crippen molar-refractivity contribution in [2.75, 3.05) is 13.1 Å². The molecule has 0 aliphatic heterocycles. The maximum atomic E-state index is 11.8. The first-order chi connectivity index (χ1) is 11.3. The van der Waals surface area contributed by atoms with Crippen LogP contribution in [-0.2, 0) is 16.1 Å². The minimum Gasteiger partial charge on any atom is -0.353 e. The van der Waals surface area contributed by atoms with Crippen LogP contribution in [0.3, 0.4) is 0 Å². The molecule has 1 aromatic carbocycles. The SMILES string of the molecule is Cc1nc2ccccc2n1CCNC(=O)CNC(=O)CC(C)(C)C. The van der Waals surface area contributed by atoms with Crippen LogP contribution >= 0.6 is 0 Å². The van der Waals surface area contributed by atoms with Crippen LogP contribution in [0.15, 0.2) is 24.3 Å². The van der Waals surface area contributed by atoms with E-state index >= 15 is 0 Å². The lowest BCUT2D eigenvalue weighted by atomic mass is 9.92. The molecule has 0 aliphatic carbocycles. The Morgan fingerprint density at radius 3 is 2.54 bits per heavy atom. The summed E-state index contributed by atoms with van der Waals surface area (Å²) in [7, 11) is 0. The van der Waals surface area contributed by atoms with Gasteiger partial charge in [0.15, 0.2) is 0 Å². The van der Waals surface area contributed by atoms with Crippen molar-refractivity contribution >= 4 is 22.8 Å². The first-order valence-corrected chi connectivity index (χ1v) is 8.21. The van der Waals surface area contributed by atoms with Crippen LogP contribution in [0, 0.1) is 12.3 Å². The fourth-order valence-electron chi connectivity index (χ4n) is 2.57. The summed E-state index contributed by atoms with van der Waals surface area (Å²) in [5.41, 5.74) is 1.93. The third kappa shape index (κ3) is 5.08. The van der Waals surface area contributed by atoms with Crippen LogP contribution in [0.1, 0.15) is 33.0 Å². The van der Waals surface area contributed by atoms with E-state index in [2.05, 4.69) is 20.2 Å². The Bertz CT molecular complexity index is 728. The van der Waals surface area contributed by atoms with Crippen molar-refractivity contribution in [1.82, 2.24) is 20.2 Å². The van der Waals surface area contributed by atoms with Crippen LogP contribution in [0.25, 0.3) is 11.0 Å². The van der Waals surface area contributed by atoms with Gasteiger partial charge in [-0.25, -0.2) is 4.98 Å². The topological polar surface area (TPSA) is 76.0 Å². The molecule has 1 aromatic heterocycles. The zero-order chi connectivity index (χ0) is 17.7. The molecule has 0 saturated heterocycles. The zero-order valence-electron chi connectivity index (χ0n) is 14.8. The second-order valence-corrected chi connectivity index (χ2v) is 7.16. The van der Waals surface area contributed by atoms with Crippen molar-refractivity contribution in [2.24, 2.45) is 5.41 Å². The van der Waals surface area contributed by atoms with E-state index in [0.717, 1.165) is 16.9 Å². The molecular formula is C18H26N4O2. The summed E-state index contributed by atoms with van der Waals surface area (Å²) in [6.45, 7) is 9.08. The van der Waals surface area contributed by atoms with Crippen molar-refractivity contribution in [3.05, 3.63) is 30.1 Å². The number of aryl methyl sites for hydroxylation is 1. The molecule has 2 aromatic rings. The number of carbonyl (C=O) groups excluding carboxylic acids is 2. The molecule has 130 valence electrons. The number of amides is 2. The standard InChI is InChI=1S/C18H26N4O2/c1-13-21-14-7-5-6-8-15(14)22(13)10-9-19-17(24)12-20-16(23)11-18(2,3)4/h5-8H,9-12H2,1-4H3,(H,19,24)(H,20,23). The van der Waals surface area contributed by atoms with E-state index in [9.17, 15) is 9.59 Å². The highest BCUT2D eigenvalue weighted by atomic mass is 16.2. The van der Waals surface area contributed by atoms with Gasteiger partial charge in [-0.3, -0.25) is 9.59 Å². The summed E-state index contributed by atoms with van der Waals surface area (Å²) in [4.78, 5) is 28.0. The summed E-state index contributed by atoms with van der Waals surface area (Å²) in [6, 6.07) is 7.93. The Morgan fingerprint density at radius 1 is 1.12 bits per heavy atom. The van der Waals surface area contributed by atoms with Gasteiger partial charge in [0.25, 0.3) is 0 Å². The Balaban J connectivity index is 1.78. The molecule has 0 spiro atoms. The summed E-state index contributed by atoms with van der Waals surface area (Å²) in [6.07, 6.45) is 0.403. The molecule has 6 nitrogen and oxygen atoms in total. The van der Waals surface area contributed by atoms with Crippen LogP contribution in [0.4, 0.5) is 0 Å². The lowest BCUT2D eigenvalue weighted by Crippen LogP contribution is -2.39. The molecule has 24 heavy (non-hydrogen) atoms. The van der Waals surface area contributed by atoms with E-state index in [4.69, 9.17) is 0 Å². The number of carbonyl (C=O) groups is 2. The summed E-state index contributed by atoms with van der Waals surface area (Å²) >= 11 is 0. The Morgan fingerprint density at radius 2 is 1.83 bits per heavy atom. The molecule has 0 saturated carbocycles. The van der Waals surface area contributed by atoms with E-state index in [1.54, 1.807) is 0 Å². The highest BCUT2D eigenvalue weighted by Gasteiger charge is 2.16. The van der Waals surface area contributed by atoms with Crippen LogP contribution in [0.2, 0.25) is 0 Å². The second kappa shape index (κ2) is 7.47. The molecule has 1 heterocycles. The number of imidazole rings is 1. The van der Waals surface area contributed by atoms with E-state index in [-0.39, 0.29) is 23.8 Å². The molecule has 0 atom stereocenters.